The lowest BCUT2D eigenvalue weighted by Gasteiger charge is -2.21. The molecule has 0 bridgehead atoms. The van der Waals surface area contributed by atoms with Gasteiger partial charge < -0.3 is 14.4 Å². The summed E-state index contributed by atoms with van der Waals surface area (Å²) in [6, 6.07) is 0. The SMILES string of the molecule is CCCCCC(CCCCC)CCOC(=O)CCCCCCCC(CCCCCCCC(=O)OCCC(CCCCC)CCCCC)CCN(C)CC. The monoisotopic (exact) mass is 750 g/mol. The van der Waals surface area contributed by atoms with Gasteiger partial charge in [0.25, 0.3) is 0 Å². The van der Waals surface area contributed by atoms with E-state index in [0.717, 1.165) is 62.8 Å². The third-order valence-corrected chi connectivity index (χ3v) is 11.9. The van der Waals surface area contributed by atoms with E-state index in [1.807, 2.05) is 0 Å². The molecule has 0 aliphatic heterocycles. The summed E-state index contributed by atoms with van der Waals surface area (Å²) in [6.07, 6.45) is 39.9. The van der Waals surface area contributed by atoms with Crippen LogP contribution < -0.4 is 0 Å². The van der Waals surface area contributed by atoms with Gasteiger partial charge in [0.05, 0.1) is 13.2 Å². The average Bonchev–Trinajstić information content (AvgIpc) is 3.15. The van der Waals surface area contributed by atoms with Gasteiger partial charge in [0.1, 0.15) is 0 Å². The maximum absolute atomic E-state index is 12.4. The summed E-state index contributed by atoms with van der Waals surface area (Å²) >= 11 is 0. The Bertz CT molecular complexity index is 697. The van der Waals surface area contributed by atoms with Gasteiger partial charge in [0.15, 0.2) is 0 Å². The van der Waals surface area contributed by atoms with Gasteiger partial charge in [0, 0.05) is 12.8 Å². The number of ether oxygens (including phenoxy) is 2. The van der Waals surface area contributed by atoms with Crippen LogP contribution in [0, 0.1) is 17.8 Å². The number of hydrogen-bond donors (Lipinski definition) is 0. The molecule has 0 unspecified atom stereocenters. The topological polar surface area (TPSA) is 55.8 Å². The van der Waals surface area contributed by atoms with Gasteiger partial charge in [-0.3, -0.25) is 9.59 Å². The Balaban J connectivity index is 4.14. The number of esters is 2. The highest BCUT2D eigenvalue weighted by atomic mass is 16.5. The summed E-state index contributed by atoms with van der Waals surface area (Å²) in [5, 5.41) is 0. The number of carbonyl (C=O) groups is 2. The molecule has 0 fully saturated rings. The van der Waals surface area contributed by atoms with Crippen molar-refractivity contribution in [1.82, 2.24) is 4.90 Å². The molecule has 53 heavy (non-hydrogen) atoms. The second-order valence-electron chi connectivity index (χ2n) is 16.9. The van der Waals surface area contributed by atoms with E-state index in [-0.39, 0.29) is 11.9 Å². The van der Waals surface area contributed by atoms with Crippen molar-refractivity contribution >= 4 is 11.9 Å². The first-order chi connectivity index (χ1) is 25.9. The van der Waals surface area contributed by atoms with Crippen molar-refractivity contribution in [2.24, 2.45) is 17.8 Å². The first kappa shape index (κ1) is 51.9. The lowest BCUT2D eigenvalue weighted by molar-refractivity contribution is -0.145. The molecule has 0 aromatic rings. The van der Waals surface area contributed by atoms with Crippen LogP contribution in [-0.2, 0) is 19.1 Å². The molecule has 0 rings (SSSR count). The number of hydrogen-bond acceptors (Lipinski definition) is 5. The van der Waals surface area contributed by atoms with Gasteiger partial charge in [-0.25, -0.2) is 0 Å². The predicted octanol–water partition coefficient (Wildman–Crippen LogP) is 14.8. The van der Waals surface area contributed by atoms with Gasteiger partial charge in [-0.15, -0.1) is 0 Å². The number of nitrogens with zero attached hydrogens (tertiary/aromatic N) is 1. The predicted molar refractivity (Wildman–Crippen MR) is 231 cm³/mol. The Hall–Kier alpha value is -1.10. The third kappa shape index (κ3) is 36.3. The van der Waals surface area contributed by atoms with Crippen molar-refractivity contribution in [3.05, 3.63) is 0 Å². The van der Waals surface area contributed by atoms with Gasteiger partial charge in [-0.05, 0) is 70.0 Å². The normalized spacial score (nSPS) is 11.8. The molecular weight excluding hydrogens is 655 g/mol. The molecule has 0 aliphatic carbocycles. The molecule has 0 atom stereocenters. The molecule has 0 N–H and O–H groups in total. The van der Waals surface area contributed by atoms with E-state index in [2.05, 4.69) is 46.6 Å². The van der Waals surface area contributed by atoms with Gasteiger partial charge in [-0.2, -0.15) is 0 Å². The first-order valence-corrected chi connectivity index (χ1v) is 23.9. The van der Waals surface area contributed by atoms with Crippen molar-refractivity contribution in [2.45, 2.75) is 247 Å². The Morgan fingerprint density at radius 2 is 0.698 bits per heavy atom. The van der Waals surface area contributed by atoms with Crippen LogP contribution in [0.15, 0.2) is 0 Å². The van der Waals surface area contributed by atoms with Crippen LogP contribution in [0.2, 0.25) is 0 Å². The van der Waals surface area contributed by atoms with Crippen LogP contribution in [0.1, 0.15) is 247 Å². The molecule has 0 saturated heterocycles. The van der Waals surface area contributed by atoms with Crippen LogP contribution >= 0.6 is 0 Å². The van der Waals surface area contributed by atoms with Crippen molar-refractivity contribution in [3.63, 3.8) is 0 Å². The summed E-state index contributed by atoms with van der Waals surface area (Å²) < 4.78 is 11.3. The van der Waals surface area contributed by atoms with Crippen LogP contribution in [0.5, 0.6) is 0 Å². The molecule has 0 amide bonds. The largest absolute Gasteiger partial charge is 0.466 e. The molecular formula is C48H95NO4. The minimum absolute atomic E-state index is 0.0144. The van der Waals surface area contributed by atoms with Crippen LogP contribution in [0.3, 0.4) is 0 Å². The van der Waals surface area contributed by atoms with Crippen molar-refractivity contribution in [3.8, 4) is 0 Å². The van der Waals surface area contributed by atoms with Crippen LogP contribution in [0.25, 0.3) is 0 Å². The Labute approximate surface area is 332 Å². The third-order valence-electron chi connectivity index (χ3n) is 11.9. The number of rotatable bonds is 42. The smallest absolute Gasteiger partial charge is 0.305 e. The van der Waals surface area contributed by atoms with E-state index in [1.165, 1.54) is 167 Å². The molecule has 5 heteroatoms. The van der Waals surface area contributed by atoms with E-state index in [1.54, 1.807) is 0 Å². The van der Waals surface area contributed by atoms with Gasteiger partial charge >= 0.3 is 11.9 Å². The molecule has 5 nitrogen and oxygen atoms in total. The van der Waals surface area contributed by atoms with E-state index in [9.17, 15) is 9.59 Å². The van der Waals surface area contributed by atoms with Crippen LogP contribution in [0.4, 0.5) is 0 Å². The summed E-state index contributed by atoms with van der Waals surface area (Å²) in [5.41, 5.74) is 0. The summed E-state index contributed by atoms with van der Waals surface area (Å²) in [4.78, 5) is 27.2. The zero-order chi connectivity index (χ0) is 39.0. The van der Waals surface area contributed by atoms with Crippen LogP contribution in [-0.4, -0.2) is 50.2 Å². The quantitative estimate of drug-likeness (QED) is 0.0459. The fraction of sp³-hybridized carbons (Fsp3) is 0.958. The minimum Gasteiger partial charge on any atom is -0.466 e. The molecule has 316 valence electrons. The molecule has 0 aromatic carbocycles. The zero-order valence-corrected chi connectivity index (χ0v) is 37.0. The van der Waals surface area contributed by atoms with Gasteiger partial charge in [-0.1, -0.05) is 202 Å². The zero-order valence-electron chi connectivity index (χ0n) is 37.0. The van der Waals surface area contributed by atoms with Crippen molar-refractivity contribution in [2.75, 3.05) is 33.4 Å². The lowest BCUT2D eigenvalue weighted by Crippen LogP contribution is -2.21. The average molecular weight is 750 g/mol. The molecule has 0 saturated carbocycles. The standard InChI is InChI=1S/C48H95NO4/c1-7-12-22-30-45(31-23-13-8-2)39-42-52-47(50)36-28-20-16-18-26-34-44(38-41-49(6)11-5)35-27-19-17-21-29-37-48(51)53-43-40-46(32-24-14-9-3)33-25-15-10-4/h44-46H,7-43H2,1-6H3. The molecule has 0 heterocycles. The highest BCUT2D eigenvalue weighted by molar-refractivity contribution is 5.69. The van der Waals surface area contributed by atoms with E-state index >= 15 is 0 Å². The number of carbonyl (C=O) groups excluding carboxylic acids is 2. The highest BCUT2D eigenvalue weighted by Gasteiger charge is 2.13. The lowest BCUT2D eigenvalue weighted by atomic mass is 9.91. The molecule has 0 spiro atoms. The van der Waals surface area contributed by atoms with E-state index in [0.29, 0.717) is 26.1 Å². The summed E-state index contributed by atoms with van der Waals surface area (Å²) in [5.74, 6) is 2.29. The summed E-state index contributed by atoms with van der Waals surface area (Å²) in [6.45, 7) is 14.9. The maximum Gasteiger partial charge on any atom is 0.305 e. The first-order valence-electron chi connectivity index (χ1n) is 23.9. The highest BCUT2D eigenvalue weighted by Crippen LogP contribution is 2.24. The molecule has 0 aromatic heterocycles. The van der Waals surface area contributed by atoms with E-state index < -0.39 is 0 Å². The summed E-state index contributed by atoms with van der Waals surface area (Å²) in [7, 11) is 2.24. The molecule has 0 radical (unpaired) electrons. The Kier molecular flexibility index (Phi) is 39.7. The second kappa shape index (κ2) is 40.6. The Morgan fingerprint density at radius 3 is 1.04 bits per heavy atom. The van der Waals surface area contributed by atoms with Crippen molar-refractivity contribution in [1.29, 1.82) is 0 Å². The van der Waals surface area contributed by atoms with Crippen molar-refractivity contribution < 1.29 is 19.1 Å². The van der Waals surface area contributed by atoms with E-state index in [4.69, 9.17) is 9.47 Å². The second-order valence-corrected chi connectivity index (χ2v) is 16.9. The fourth-order valence-electron chi connectivity index (χ4n) is 7.88. The number of unbranched alkanes of at least 4 members (excludes halogenated alkanes) is 16. The maximum atomic E-state index is 12.4. The van der Waals surface area contributed by atoms with Gasteiger partial charge in [0.2, 0.25) is 0 Å². The Morgan fingerprint density at radius 1 is 0.396 bits per heavy atom. The molecule has 0 aliphatic rings. The minimum atomic E-state index is 0.0144. The fourth-order valence-corrected chi connectivity index (χ4v) is 7.88.